The van der Waals surface area contributed by atoms with E-state index in [2.05, 4.69) is 20.8 Å². The molecule has 1 N–H and O–H groups in total. The van der Waals surface area contributed by atoms with Crippen LogP contribution in [0.3, 0.4) is 0 Å². The number of rotatable bonds is 52. The van der Waals surface area contributed by atoms with Gasteiger partial charge < -0.3 is 19.3 Å². The fourth-order valence-corrected chi connectivity index (χ4v) is 9.12. The van der Waals surface area contributed by atoms with E-state index in [-0.39, 0.29) is 31.7 Å². The Morgan fingerprint density at radius 1 is 0.452 bits per heavy atom. The summed E-state index contributed by atoms with van der Waals surface area (Å²) in [5.74, 6) is -0.275. The van der Waals surface area contributed by atoms with Gasteiger partial charge in [-0.15, -0.1) is 0 Å². The zero-order valence-corrected chi connectivity index (χ0v) is 43.2. The van der Waals surface area contributed by atoms with Crippen molar-refractivity contribution in [2.75, 3.05) is 47.1 Å². The van der Waals surface area contributed by atoms with Crippen LogP contribution in [-0.2, 0) is 27.9 Å². The topological polar surface area (TPSA) is 94.5 Å². The summed E-state index contributed by atoms with van der Waals surface area (Å²) in [4.78, 5) is 25.9. The van der Waals surface area contributed by atoms with E-state index in [0.29, 0.717) is 13.2 Å². The molecule has 1 unspecified atom stereocenters. The van der Waals surface area contributed by atoms with Gasteiger partial charge >= 0.3 is 13.8 Å². The van der Waals surface area contributed by atoms with Gasteiger partial charge in [-0.25, -0.2) is 4.57 Å². The molecular formula is C53H108NO7P. The molecule has 0 aromatic carbocycles. The van der Waals surface area contributed by atoms with Gasteiger partial charge in [-0.3, -0.25) is 13.8 Å². The average Bonchev–Trinajstić information content (AvgIpc) is 3.25. The lowest BCUT2D eigenvalue weighted by atomic mass is 9.94. The molecule has 0 saturated carbocycles. The van der Waals surface area contributed by atoms with E-state index in [4.69, 9.17) is 18.5 Å². The lowest BCUT2D eigenvalue weighted by Crippen LogP contribution is -2.29. The maximum Gasteiger partial charge on any atom is 0.472 e. The lowest BCUT2D eigenvalue weighted by Gasteiger charge is -2.22. The molecule has 372 valence electrons. The molecule has 0 radical (unpaired) electrons. The minimum absolute atomic E-state index is 0.0164. The van der Waals surface area contributed by atoms with Gasteiger partial charge in [-0.2, -0.15) is 0 Å². The number of phosphoric acid groups is 1. The second-order valence-electron chi connectivity index (χ2n) is 19.2. The average molecular weight is 902 g/mol. The van der Waals surface area contributed by atoms with Crippen molar-refractivity contribution in [2.24, 2.45) is 5.92 Å². The van der Waals surface area contributed by atoms with Crippen LogP contribution >= 0.6 is 7.82 Å². The van der Waals surface area contributed by atoms with Crippen LogP contribution in [0.4, 0.5) is 0 Å². The number of nitrogens with zero attached hydrogens (tertiary/aromatic N) is 1. The van der Waals surface area contributed by atoms with E-state index in [1.807, 2.05) is 19.0 Å². The summed E-state index contributed by atoms with van der Waals surface area (Å²) in [5.41, 5.74) is 0. The summed E-state index contributed by atoms with van der Waals surface area (Å²) in [5, 5.41) is 0. The van der Waals surface area contributed by atoms with Gasteiger partial charge in [0.25, 0.3) is 0 Å². The van der Waals surface area contributed by atoms with Crippen molar-refractivity contribution in [3.8, 4) is 0 Å². The molecule has 9 heteroatoms. The molecule has 0 heterocycles. The van der Waals surface area contributed by atoms with E-state index in [0.717, 1.165) is 51.4 Å². The van der Waals surface area contributed by atoms with E-state index in [9.17, 15) is 14.3 Å². The van der Waals surface area contributed by atoms with Crippen molar-refractivity contribution in [3.63, 3.8) is 0 Å². The first-order chi connectivity index (χ1) is 30.3. The predicted octanol–water partition coefficient (Wildman–Crippen LogP) is 16.9. The van der Waals surface area contributed by atoms with Gasteiger partial charge in [0.2, 0.25) is 0 Å². The maximum atomic E-state index is 13.7. The van der Waals surface area contributed by atoms with E-state index in [1.165, 1.54) is 205 Å². The third kappa shape index (κ3) is 46.0. The molecule has 0 saturated heterocycles. The van der Waals surface area contributed by atoms with E-state index < -0.39 is 13.9 Å². The third-order valence-corrected chi connectivity index (χ3v) is 13.6. The molecule has 62 heavy (non-hydrogen) atoms. The zero-order valence-electron chi connectivity index (χ0n) is 42.3. The minimum Gasteiger partial charge on any atom is -0.463 e. The fourth-order valence-electron chi connectivity index (χ4n) is 8.38. The molecule has 0 amide bonds. The molecule has 0 aromatic heterocycles. The Hall–Kier alpha value is -0.500. The van der Waals surface area contributed by atoms with Crippen molar-refractivity contribution < 1.29 is 32.8 Å². The molecule has 0 aliphatic rings. The number of carbonyl (C=O) groups is 1. The number of hydrogen-bond donors (Lipinski definition) is 1. The fraction of sp³-hybridized carbons (Fsp3) is 0.981. The molecular weight excluding hydrogens is 794 g/mol. The summed E-state index contributed by atoms with van der Waals surface area (Å²) in [7, 11) is -0.504. The molecule has 8 nitrogen and oxygen atoms in total. The number of unbranched alkanes of at least 4 members (excludes halogenated alkanes) is 35. The van der Waals surface area contributed by atoms with Crippen molar-refractivity contribution in [1.82, 2.24) is 4.90 Å². The number of ether oxygens (including phenoxy) is 2. The number of hydrogen-bond acceptors (Lipinski definition) is 7. The van der Waals surface area contributed by atoms with Crippen molar-refractivity contribution in [2.45, 2.75) is 284 Å². The monoisotopic (exact) mass is 902 g/mol. The molecule has 0 aliphatic heterocycles. The number of carbonyl (C=O) groups excluding carboxylic acids is 1. The number of esters is 1. The number of phosphoric ester groups is 1. The Morgan fingerprint density at radius 3 is 1.11 bits per heavy atom. The van der Waals surface area contributed by atoms with Crippen LogP contribution in [0, 0.1) is 5.92 Å². The van der Waals surface area contributed by atoms with Gasteiger partial charge in [0.15, 0.2) is 0 Å². The summed E-state index contributed by atoms with van der Waals surface area (Å²) >= 11 is 0. The van der Waals surface area contributed by atoms with Crippen LogP contribution in [-0.4, -0.2) is 68.9 Å². The Bertz CT molecular complexity index is 925. The second kappa shape index (κ2) is 48.4. The van der Waals surface area contributed by atoms with E-state index >= 15 is 0 Å². The minimum atomic E-state index is -4.27. The molecule has 0 rings (SSSR count). The predicted molar refractivity (Wildman–Crippen MR) is 266 cm³/mol. The summed E-state index contributed by atoms with van der Waals surface area (Å²) < 4.78 is 35.4. The van der Waals surface area contributed by atoms with Crippen molar-refractivity contribution in [1.29, 1.82) is 0 Å². The Balaban J connectivity index is 4.94. The quantitative estimate of drug-likeness (QED) is 0.0366. The summed E-state index contributed by atoms with van der Waals surface area (Å²) in [6.45, 7) is 7.77. The first-order valence-corrected chi connectivity index (χ1v) is 28.8. The SMILES string of the molecule is CCCCCCCCCCCCCCCCO[C@@H](COC(=O)C(CCCCCCCCCCCCCC)CCCCCCCCCCCCCC)COP(=O)(O)OCCN(C)C. The highest BCUT2D eigenvalue weighted by molar-refractivity contribution is 7.47. The van der Waals surface area contributed by atoms with Crippen LogP contribution in [0.1, 0.15) is 278 Å². The highest BCUT2D eigenvalue weighted by Gasteiger charge is 2.26. The van der Waals surface area contributed by atoms with E-state index in [1.54, 1.807) is 0 Å². The largest absolute Gasteiger partial charge is 0.472 e. The molecule has 0 aromatic rings. The summed E-state index contributed by atoms with van der Waals surface area (Å²) in [6, 6.07) is 0. The molecule has 0 aliphatic carbocycles. The van der Waals surface area contributed by atoms with Crippen LogP contribution in [0.2, 0.25) is 0 Å². The summed E-state index contributed by atoms with van der Waals surface area (Å²) in [6.07, 6.45) is 50.3. The Kier molecular flexibility index (Phi) is 48.0. The third-order valence-electron chi connectivity index (χ3n) is 12.6. The van der Waals surface area contributed by atoms with Crippen LogP contribution < -0.4 is 0 Å². The van der Waals surface area contributed by atoms with Gasteiger partial charge in [-0.05, 0) is 33.4 Å². The molecule has 0 bridgehead atoms. The van der Waals surface area contributed by atoms with Gasteiger partial charge in [0, 0.05) is 13.2 Å². The smallest absolute Gasteiger partial charge is 0.463 e. The molecule has 2 atom stereocenters. The highest BCUT2D eigenvalue weighted by atomic mass is 31.2. The van der Waals surface area contributed by atoms with Crippen LogP contribution in [0.5, 0.6) is 0 Å². The number of likely N-dealkylation sites (N-methyl/N-ethyl adjacent to an activating group) is 1. The molecule has 0 fully saturated rings. The lowest BCUT2D eigenvalue weighted by molar-refractivity contribution is -0.154. The van der Waals surface area contributed by atoms with Crippen LogP contribution in [0.25, 0.3) is 0 Å². The normalized spacial score (nSPS) is 13.4. The highest BCUT2D eigenvalue weighted by Crippen LogP contribution is 2.43. The first kappa shape index (κ1) is 61.5. The first-order valence-electron chi connectivity index (χ1n) is 27.3. The zero-order chi connectivity index (χ0) is 45.5. The molecule has 0 spiro atoms. The van der Waals surface area contributed by atoms with Crippen molar-refractivity contribution in [3.05, 3.63) is 0 Å². The maximum absolute atomic E-state index is 13.7. The standard InChI is InChI=1S/C53H108NO7P/c1-6-9-12-15-18-21-24-27-28-31-34-37-40-43-47-58-52(50-61-62(56,57)60-48-46-54(4)5)49-59-53(55)51(44-41-38-35-32-29-25-22-19-16-13-10-7-2)45-42-39-36-33-30-26-23-20-17-14-11-8-3/h51-52H,6-50H2,1-5H3,(H,56,57)/t52-/m0/s1. The van der Waals surface area contributed by atoms with Gasteiger partial charge in [-0.1, -0.05) is 258 Å². The van der Waals surface area contributed by atoms with Gasteiger partial charge in [0.1, 0.15) is 12.7 Å². The second-order valence-corrected chi connectivity index (χ2v) is 20.6. The van der Waals surface area contributed by atoms with Gasteiger partial charge in [0.05, 0.1) is 19.1 Å². The van der Waals surface area contributed by atoms with Crippen LogP contribution in [0.15, 0.2) is 0 Å². The Morgan fingerprint density at radius 2 is 0.774 bits per heavy atom. The van der Waals surface area contributed by atoms with Crippen molar-refractivity contribution >= 4 is 13.8 Å². The Labute approximate surface area is 386 Å².